The lowest BCUT2D eigenvalue weighted by atomic mass is 9.95. The van der Waals surface area contributed by atoms with Crippen LogP contribution in [0.15, 0.2) is 206 Å². The zero-order chi connectivity index (χ0) is 40.2. The molecule has 284 valence electrons. The summed E-state index contributed by atoms with van der Waals surface area (Å²) in [5.74, 6) is 0. The zero-order valence-corrected chi connectivity index (χ0v) is 33.7. The molecule has 10 aromatic carbocycles. The molecule has 0 amide bonds. The SMILES string of the molecule is O=P(c1ccc2ccccc2c1)(c1ccc2cc(-c3ccc4cc5c6ccc7ccccc7c6c6nc7ccccc7n6c5cc4c3)ccc2c1)c1ccc2ncccc2c1. The Morgan fingerprint density at radius 1 is 0.377 bits per heavy atom. The lowest BCUT2D eigenvalue weighted by Gasteiger charge is -2.21. The van der Waals surface area contributed by atoms with Gasteiger partial charge in [-0.15, -0.1) is 0 Å². The van der Waals surface area contributed by atoms with Crippen LogP contribution < -0.4 is 15.9 Å². The number of imidazole rings is 1. The molecule has 0 aliphatic rings. The molecule has 1 unspecified atom stereocenters. The van der Waals surface area contributed by atoms with Crippen molar-refractivity contribution in [2.24, 2.45) is 0 Å². The van der Waals surface area contributed by atoms with Crippen molar-refractivity contribution in [1.29, 1.82) is 0 Å². The second-order valence-corrected chi connectivity index (χ2v) is 18.9. The van der Waals surface area contributed by atoms with Gasteiger partial charge in [-0.2, -0.15) is 0 Å². The van der Waals surface area contributed by atoms with Gasteiger partial charge in [-0.3, -0.25) is 9.38 Å². The average Bonchev–Trinajstić information content (AvgIpc) is 3.72. The number of nitrogens with zero attached hydrogens (tertiary/aromatic N) is 3. The molecule has 3 aromatic heterocycles. The molecule has 3 heterocycles. The first-order chi connectivity index (χ1) is 30.1. The van der Waals surface area contributed by atoms with Gasteiger partial charge in [0, 0.05) is 38.3 Å². The maximum atomic E-state index is 15.9. The van der Waals surface area contributed by atoms with Crippen molar-refractivity contribution in [3.05, 3.63) is 206 Å². The molecule has 61 heavy (non-hydrogen) atoms. The summed E-state index contributed by atoms with van der Waals surface area (Å²) in [6.07, 6.45) is 1.80. The predicted octanol–water partition coefficient (Wildman–Crippen LogP) is 13.3. The van der Waals surface area contributed by atoms with Gasteiger partial charge < -0.3 is 4.57 Å². The number of pyridine rings is 2. The van der Waals surface area contributed by atoms with Gasteiger partial charge in [-0.1, -0.05) is 127 Å². The van der Waals surface area contributed by atoms with E-state index in [0.29, 0.717) is 0 Å². The van der Waals surface area contributed by atoms with Gasteiger partial charge in [0.1, 0.15) is 5.65 Å². The van der Waals surface area contributed by atoms with Crippen molar-refractivity contribution < 1.29 is 4.57 Å². The molecule has 0 aliphatic carbocycles. The molecule has 0 spiro atoms. The van der Waals surface area contributed by atoms with Gasteiger partial charge in [-0.25, -0.2) is 4.98 Å². The van der Waals surface area contributed by atoms with Crippen molar-refractivity contribution in [2.45, 2.75) is 0 Å². The molecule has 0 bridgehead atoms. The lowest BCUT2D eigenvalue weighted by Crippen LogP contribution is -2.25. The second kappa shape index (κ2) is 12.9. The van der Waals surface area contributed by atoms with Gasteiger partial charge in [0.25, 0.3) is 0 Å². The van der Waals surface area contributed by atoms with E-state index in [4.69, 9.17) is 4.98 Å². The van der Waals surface area contributed by atoms with Crippen molar-refractivity contribution in [3.63, 3.8) is 0 Å². The van der Waals surface area contributed by atoms with E-state index in [1.807, 2.05) is 42.5 Å². The molecular weight excluding hydrogens is 762 g/mol. The van der Waals surface area contributed by atoms with E-state index >= 15 is 4.57 Å². The molecule has 1 atom stereocenters. The third kappa shape index (κ3) is 5.16. The summed E-state index contributed by atoms with van der Waals surface area (Å²) in [7, 11) is -3.30. The molecule has 0 saturated heterocycles. The van der Waals surface area contributed by atoms with Gasteiger partial charge in [0.15, 0.2) is 7.14 Å². The fourth-order valence-electron chi connectivity index (χ4n) is 9.73. The third-order valence-electron chi connectivity index (χ3n) is 12.8. The number of hydrogen-bond acceptors (Lipinski definition) is 3. The van der Waals surface area contributed by atoms with Crippen LogP contribution in [0.2, 0.25) is 0 Å². The minimum atomic E-state index is -3.30. The van der Waals surface area contributed by atoms with Crippen molar-refractivity contribution in [2.75, 3.05) is 0 Å². The number of rotatable bonds is 4. The van der Waals surface area contributed by atoms with Gasteiger partial charge in [0.2, 0.25) is 0 Å². The first kappa shape index (κ1) is 34.2. The number of para-hydroxylation sites is 2. The van der Waals surface area contributed by atoms with Crippen LogP contribution in [0.25, 0.3) is 103 Å². The summed E-state index contributed by atoms with van der Waals surface area (Å²) in [6, 6.07) is 70.5. The van der Waals surface area contributed by atoms with Gasteiger partial charge in [0.05, 0.1) is 22.1 Å². The average molecular weight is 796 g/mol. The first-order valence-electron chi connectivity index (χ1n) is 20.6. The predicted molar refractivity (Wildman–Crippen MR) is 258 cm³/mol. The fourth-order valence-corrected chi connectivity index (χ4v) is 12.4. The Kier molecular flexibility index (Phi) is 7.25. The maximum Gasteiger partial charge on any atom is 0.171 e. The summed E-state index contributed by atoms with van der Waals surface area (Å²) < 4.78 is 18.2. The van der Waals surface area contributed by atoms with Crippen LogP contribution in [0.3, 0.4) is 0 Å². The second-order valence-electron chi connectivity index (χ2n) is 16.2. The summed E-state index contributed by atoms with van der Waals surface area (Å²) in [6.45, 7) is 0. The summed E-state index contributed by atoms with van der Waals surface area (Å²) >= 11 is 0. The first-order valence-corrected chi connectivity index (χ1v) is 22.4. The number of hydrogen-bond donors (Lipinski definition) is 0. The van der Waals surface area contributed by atoms with E-state index in [2.05, 4.69) is 167 Å². The Labute approximate surface area is 350 Å². The van der Waals surface area contributed by atoms with Crippen molar-refractivity contribution >= 4 is 115 Å². The number of fused-ring (bicyclic) bond motifs is 14. The van der Waals surface area contributed by atoms with E-state index in [-0.39, 0.29) is 0 Å². The molecule has 5 heteroatoms. The Bertz CT molecular complexity index is 3970. The number of benzene rings is 10. The highest BCUT2D eigenvalue weighted by atomic mass is 31.2. The molecule has 0 saturated carbocycles. The monoisotopic (exact) mass is 795 g/mol. The summed E-state index contributed by atoms with van der Waals surface area (Å²) in [5, 5.41) is 16.1. The maximum absolute atomic E-state index is 15.9. The molecule has 4 nitrogen and oxygen atoms in total. The largest absolute Gasteiger partial charge is 0.309 e. The third-order valence-corrected chi connectivity index (χ3v) is 15.8. The van der Waals surface area contributed by atoms with E-state index in [1.165, 1.54) is 37.7 Å². The molecular formula is C56H34N3OP. The van der Waals surface area contributed by atoms with Crippen LogP contribution in [0.1, 0.15) is 0 Å². The van der Waals surface area contributed by atoms with E-state index in [1.54, 1.807) is 6.20 Å². The van der Waals surface area contributed by atoms with Crippen LogP contribution in [-0.2, 0) is 4.57 Å². The highest BCUT2D eigenvalue weighted by Crippen LogP contribution is 2.45. The van der Waals surface area contributed by atoms with Crippen molar-refractivity contribution in [1.82, 2.24) is 14.4 Å². The Hall–Kier alpha value is -7.65. The molecule has 0 fully saturated rings. The molecule has 0 aliphatic heterocycles. The normalized spacial score (nSPS) is 13.1. The highest BCUT2D eigenvalue weighted by molar-refractivity contribution is 7.85. The van der Waals surface area contributed by atoms with Crippen molar-refractivity contribution in [3.8, 4) is 11.1 Å². The van der Waals surface area contributed by atoms with Crippen LogP contribution in [0.5, 0.6) is 0 Å². The number of aromatic nitrogens is 3. The lowest BCUT2D eigenvalue weighted by molar-refractivity contribution is 0.592. The Morgan fingerprint density at radius 2 is 0.967 bits per heavy atom. The highest BCUT2D eigenvalue weighted by Gasteiger charge is 2.31. The molecule has 13 rings (SSSR count). The smallest absolute Gasteiger partial charge is 0.171 e. The van der Waals surface area contributed by atoms with Crippen LogP contribution in [0.4, 0.5) is 0 Å². The van der Waals surface area contributed by atoms with E-state index in [0.717, 1.165) is 81.7 Å². The topological polar surface area (TPSA) is 47.3 Å². The fraction of sp³-hybridized carbons (Fsp3) is 0. The summed E-state index contributed by atoms with van der Waals surface area (Å²) in [4.78, 5) is 9.78. The van der Waals surface area contributed by atoms with Crippen LogP contribution >= 0.6 is 7.14 Å². The molecule has 13 aromatic rings. The zero-order valence-electron chi connectivity index (χ0n) is 32.8. The van der Waals surface area contributed by atoms with E-state index in [9.17, 15) is 0 Å². The van der Waals surface area contributed by atoms with Gasteiger partial charge >= 0.3 is 0 Å². The summed E-state index contributed by atoms with van der Waals surface area (Å²) in [5.41, 5.74) is 7.36. The molecule has 0 radical (unpaired) electrons. The Balaban J connectivity index is 0.957. The minimum Gasteiger partial charge on any atom is -0.309 e. The minimum absolute atomic E-state index is 0.797. The van der Waals surface area contributed by atoms with Gasteiger partial charge in [-0.05, 0) is 132 Å². The molecule has 0 N–H and O–H groups in total. The van der Waals surface area contributed by atoms with E-state index < -0.39 is 7.14 Å². The quantitative estimate of drug-likeness (QED) is 0.101. The van der Waals surface area contributed by atoms with Crippen LogP contribution in [0, 0.1) is 0 Å². The van der Waals surface area contributed by atoms with Crippen LogP contribution in [-0.4, -0.2) is 14.4 Å². The standard InChI is InChI=1S/C56H34N3OP/c60-61(45-22-19-35-8-1-2-10-37(35)30-45,47-24-26-51-43(32-47)11-7-27-57-51)46-23-20-40-28-38(15-17-41(40)31-46)39-16-18-42-33-50-49-25-21-36-9-3-4-12-48(36)55(49)56-58-52-13-5-6-14-53(52)59(56)54(50)34-44(42)29-39/h1-34H. The Morgan fingerprint density at radius 3 is 1.80 bits per heavy atom.